The number of hydrogen-bond acceptors (Lipinski definition) is 5. The van der Waals surface area contributed by atoms with Crippen LogP contribution in [0.3, 0.4) is 0 Å². The molecule has 0 radical (unpaired) electrons. The highest BCUT2D eigenvalue weighted by atomic mass is 32.1. The number of piperidine rings is 1. The lowest BCUT2D eigenvalue weighted by atomic mass is 9.77. The molecule has 4 rings (SSSR count). The van der Waals surface area contributed by atoms with E-state index in [4.69, 9.17) is 0 Å². The number of aromatic nitrogens is 1. The van der Waals surface area contributed by atoms with Gasteiger partial charge in [-0.15, -0.1) is 11.3 Å². The molecule has 2 aliphatic rings. The second kappa shape index (κ2) is 9.92. The topological polar surface area (TPSA) is 65.5 Å². The Morgan fingerprint density at radius 2 is 2.03 bits per heavy atom. The predicted octanol–water partition coefficient (Wildman–Crippen LogP) is 3.62. The van der Waals surface area contributed by atoms with E-state index in [9.17, 15) is 9.59 Å². The zero-order valence-electron chi connectivity index (χ0n) is 18.3. The minimum atomic E-state index is -0.178. The van der Waals surface area contributed by atoms with E-state index in [1.807, 2.05) is 36.2 Å². The van der Waals surface area contributed by atoms with Crippen LogP contribution < -0.4 is 5.32 Å². The van der Waals surface area contributed by atoms with Crippen LogP contribution in [0, 0.1) is 5.41 Å². The summed E-state index contributed by atoms with van der Waals surface area (Å²) >= 11 is 1.70. The van der Waals surface area contributed by atoms with Crippen molar-refractivity contribution in [3.8, 4) is 0 Å². The molecule has 1 unspecified atom stereocenters. The van der Waals surface area contributed by atoms with Crippen molar-refractivity contribution in [1.29, 1.82) is 0 Å². The summed E-state index contributed by atoms with van der Waals surface area (Å²) in [5.41, 5.74) is 0.918. The van der Waals surface area contributed by atoms with Crippen LogP contribution in [0.2, 0.25) is 0 Å². The van der Waals surface area contributed by atoms with Gasteiger partial charge in [-0.25, -0.2) is 0 Å². The number of pyridine rings is 1. The van der Waals surface area contributed by atoms with Gasteiger partial charge in [0.15, 0.2) is 0 Å². The first-order chi connectivity index (χ1) is 15.1. The van der Waals surface area contributed by atoms with Crippen LogP contribution in [0.25, 0.3) is 0 Å². The van der Waals surface area contributed by atoms with Crippen molar-refractivity contribution in [2.24, 2.45) is 5.41 Å². The lowest BCUT2D eigenvalue weighted by molar-refractivity contribution is -0.139. The van der Waals surface area contributed by atoms with Crippen LogP contribution in [0.4, 0.5) is 0 Å². The first kappa shape index (κ1) is 22.0. The number of carbonyl (C=O) groups is 2. The summed E-state index contributed by atoms with van der Waals surface area (Å²) in [6.45, 7) is 6.24. The lowest BCUT2D eigenvalue weighted by Gasteiger charge is -2.38. The molecule has 7 heteroatoms. The van der Waals surface area contributed by atoms with Crippen molar-refractivity contribution in [2.45, 2.75) is 51.6 Å². The number of hydrogen-bond donors (Lipinski definition) is 1. The summed E-state index contributed by atoms with van der Waals surface area (Å²) < 4.78 is 0. The molecule has 2 amide bonds. The molecule has 1 spiro atoms. The average molecular weight is 441 g/mol. The molecule has 0 aliphatic carbocycles. The second-order valence-corrected chi connectivity index (χ2v) is 9.72. The zero-order valence-corrected chi connectivity index (χ0v) is 19.1. The highest BCUT2D eigenvalue weighted by Crippen LogP contribution is 2.42. The van der Waals surface area contributed by atoms with Gasteiger partial charge in [-0.2, -0.15) is 0 Å². The molecular formula is C24H32N4O2S. The largest absolute Gasteiger partial charge is 0.348 e. The zero-order chi connectivity index (χ0) is 21.7. The molecule has 166 valence electrons. The van der Waals surface area contributed by atoms with Gasteiger partial charge in [0, 0.05) is 43.3 Å². The van der Waals surface area contributed by atoms with E-state index in [1.165, 1.54) is 4.88 Å². The van der Waals surface area contributed by atoms with Gasteiger partial charge in [-0.1, -0.05) is 19.1 Å². The molecular weight excluding hydrogens is 408 g/mol. The van der Waals surface area contributed by atoms with Gasteiger partial charge in [0.2, 0.25) is 11.8 Å². The van der Waals surface area contributed by atoms with Crippen LogP contribution in [0.15, 0.2) is 42.0 Å². The monoisotopic (exact) mass is 440 g/mol. The number of nitrogens with one attached hydrogen (secondary N) is 1. The Morgan fingerprint density at radius 1 is 1.23 bits per heavy atom. The summed E-state index contributed by atoms with van der Waals surface area (Å²) in [7, 11) is 0. The number of carbonyl (C=O) groups excluding carboxylic acids is 2. The second-order valence-electron chi connectivity index (χ2n) is 8.74. The third kappa shape index (κ3) is 5.15. The Labute approximate surface area is 188 Å². The summed E-state index contributed by atoms with van der Waals surface area (Å²) in [5, 5.41) is 5.24. The summed E-state index contributed by atoms with van der Waals surface area (Å²) in [4.78, 5) is 35.0. The minimum Gasteiger partial charge on any atom is -0.348 e. The van der Waals surface area contributed by atoms with Crippen LogP contribution >= 0.6 is 11.3 Å². The van der Waals surface area contributed by atoms with E-state index in [0.717, 1.165) is 57.4 Å². The fourth-order valence-electron chi connectivity index (χ4n) is 4.81. The first-order valence-electron chi connectivity index (χ1n) is 11.3. The van der Waals surface area contributed by atoms with E-state index in [-0.39, 0.29) is 17.4 Å². The molecule has 2 aromatic rings. The summed E-state index contributed by atoms with van der Waals surface area (Å²) in [5.74, 6) is 0.420. The van der Waals surface area contributed by atoms with Gasteiger partial charge < -0.3 is 15.1 Å². The van der Waals surface area contributed by atoms with Crippen LogP contribution in [0.5, 0.6) is 0 Å². The van der Waals surface area contributed by atoms with Crippen molar-refractivity contribution in [3.63, 3.8) is 0 Å². The minimum absolute atomic E-state index is 0.0754. The molecule has 31 heavy (non-hydrogen) atoms. The van der Waals surface area contributed by atoms with Crippen LogP contribution in [-0.4, -0.2) is 52.8 Å². The quantitative estimate of drug-likeness (QED) is 0.681. The number of nitrogens with zero attached hydrogens (tertiary/aromatic N) is 3. The Morgan fingerprint density at radius 3 is 2.71 bits per heavy atom. The molecule has 0 aromatic carbocycles. The predicted molar refractivity (Wildman–Crippen MR) is 122 cm³/mol. The average Bonchev–Trinajstić information content (AvgIpc) is 3.44. The van der Waals surface area contributed by atoms with Crippen LogP contribution in [-0.2, 0) is 16.1 Å². The van der Waals surface area contributed by atoms with E-state index in [1.54, 1.807) is 17.5 Å². The van der Waals surface area contributed by atoms with Crippen LogP contribution in [0.1, 0.15) is 55.5 Å². The number of amides is 2. The van der Waals surface area contributed by atoms with Gasteiger partial charge in [-0.05, 0) is 61.8 Å². The summed E-state index contributed by atoms with van der Waals surface area (Å²) in [6.07, 6.45) is 7.85. The SMILES string of the molecule is CCC(=O)NC(CCN1CCC2(CC1)CCN(Cc1cccnc1)C2=O)c1cccs1. The van der Waals surface area contributed by atoms with E-state index in [2.05, 4.69) is 26.6 Å². The highest BCUT2D eigenvalue weighted by molar-refractivity contribution is 7.10. The number of thiophene rings is 1. The van der Waals surface area contributed by atoms with Crippen molar-refractivity contribution in [2.75, 3.05) is 26.2 Å². The molecule has 2 aliphatic heterocycles. The van der Waals surface area contributed by atoms with Gasteiger partial charge in [0.25, 0.3) is 0 Å². The molecule has 1 N–H and O–H groups in total. The van der Waals surface area contributed by atoms with E-state index >= 15 is 0 Å². The van der Waals surface area contributed by atoms with Crippen molar-refractivity contribution in [1.82, 2.24) is 20.1 Å². The molecule has 2 aromatic heterocycles. The summed E-state index contributed by atoms with van der Waals surface area (Å²) in [6, 6.07) is 8.18. The van der Waals surface area contributed by atoms with Gasteiger partial charge in [0.1, 0.15) is 0 Å². The third-order valence-corrected chi connectivity index (χ3v) is 7.77. The highest BCUT2D eigenvalue weighted by Gasteiger charge is 2.47. The van der Waals surface area contributed by atoms with Gasteiger partial charge in [0.05, 0.1) is 11.5 Å². The fraction of sp³-hybridized carbons (Fsp3) is 0.542. The molecule has 0 saturated carbocycles. The first-order valence-corrected chi connectivity index (χ1v) is 12.2. The fourth-order valence-corrected chi connectivity index (χ4v) is 5.62. The molecule has 1 atom stereocenters. The molecule has 0 bridgehead atoms. The Balaban J connectivity index is 1.29. The maximum atomic E-state index is 13.2. The Bertz CT molecular complexity index is 863. The third-order valence-electron chi connectivity index (χ3n) is 6.79. The van der Waals surface area contributed by atoms with Gasteiger partial charge in [-0.3, -0.25) is 14.6 Å². The maximum absolute atomic E-state index is 13.2. The Hall–Kier alpha value is -2.25. The van der Waals surface area contributed by atoms with Crippen molar-refractivity contribution >= 4 is 23.2 Å². The molecule has 2 fully saturated rings. The van der Waals surface area contributed by atoms with E-state index in [0.29, 0.717) is 18.9 Å². The number of rotatable bonds is 8. The maximum Gasteiger partial charge on any atom is 0.229 e. The molecule has 6 nitrogen and oxygen atoms in total. The normalized spacial score (nSPS) is 19.6. The van der Waals surface area contributed by atoms with Crippen molar-refractivity contribution in [3.05, 3.63) is 52.5 Å². The lowest BCUT2D eigenvalue weighted by Crippen LogP contribution is -2.45. The Kier molecular flexibility index (Phi) is 7.02. The van der Waals surface area contributed by atoms with Crippen molar-refractivity contribution < 1.29 is 9.59 Å². The standard InChI is InChI=1S/C24H32N4O2S/c1-2-22(29)26-20(21-6-4-16-31-21)7-12-27-13-8-24(9-14-27)10-15-28(23(24)30)18-19-5-3-11-25-17-19/h3-6,11,16-17,20H,2,7-10,12-15,18H2,1H3,(H,26,29). The molecule has 4 heterocycles. The van der Waals surface area contributed by atoms with Gasteiger partial charge >= 0.3 is 0 Å². The number of likely N-dealkylation sites (tertiary alicyclic amines) is 2. The van der Waals surface area contributed by atoms with E-state index < -0.39 is 0 Å². The molecule has 2 saturated heterocycles. The smallest absolute Gasteiger partial charge is 0.229 e.